The molecule has 0 atom stereocenters. The number of benzene rings is 2. The van der Waals surface area contributed by atoms with Crippen molar-refractivity contribution in [3.63, 3.8) is 0 Å². The second-order valence-electron chi connectivity index (χ2n) is 8.90. The van der Waals surface area contributed by atoms with Crippen LogP contribution in [0.15, 0.2) is 96.6 Å². The van der Waals surface area contributed by atoms with Crippen molar-refractivity contribution in [3.05, 3.63) is 103 Å². The Balaban J connectivity index is 1.51. The van der Waals surface area contributed by atoms with Crippen molar-refractivity contribution in [1.82, 2.24) is 19.6 Å². The summed E-state index contributed by atoms with van der Waals surface area (Å²) in [5.41, 5.74) is 9.60. The number of nitrogen functional groups attached to an aromatic ring is 1. The number of aryl methyl sites for hydroxylation is 1. The SMILES string of the molecule is C=C/C(=C\N(C)S(=O)(=O)c1cccc(C#N)c1)NC(=O)C(=O)Nc1cc2cc(-c3cnccc3C)cc(N)c2cn1. The standard InChI is InChI=1S/C29H25N7O4S/c1-4-22(17-36(3)41(39,40)23-7-5-6-19(10-23)14-30)34-28(37)29(38)35-27-13-21-11-20(12-26(31)25(21)16-33-27)24-15-32-9-8-18(24)2/h4-13,15-17H,1,31H2,2-3H3,(H,34,37)(H,33,35,38)/b22-17+. The van der Waals surface area contributed by atoms with Gasteiger partial charge in [0, 0.05) is 48.5 Å². The van der Waals surface area contributed by atoms with E-state index in [4.69, 9.17) is 11.0 Å². The molecule has 0 saturated heterocycles. The average Bonchev–Trinajstić information content (AvgIpc) is 2.96. The molecule has 2 aromatic heterocycles. The minimum Gasteiger partial charge on any atom is -0.398 e. The first-order valence-corrected chi connectivity index (χ1v) is 13.5. The fourth-order valence-electron chi connectivity index (χ4n) is 3.93. The van der Waals surface area contributed by atoms with Gasteiger partial charge in [0.05, 0.1) is 22.2 Å². The predicted octanol–water partition coefficient (Wildman–Crippen LogP) is 3.46. The highest BCUT2D eigenvalue weighted by molar-refractivity contribution is 7.89. The van der Waals surface area contributed by atoms with Gasteiger partial charge >= 0.3 is 11.8 Å². The topological polar surface area (TPSA) is 171 Å². The van der Waals surface area contributed by atoms with Crippen LogP contribution in [0.2, 0.25) is 0 Å². The van der Waals surface area contributed by atoms with Crippen LogP contribution in [0, 0.1) is 18.3 Å². The number of carbonyl (C=O) groups excluding carboxylic acids is 2. The molecule has 0 aliphatic heterocycles. The number of fused-ring (bicyclic) bond motifs is 1. The zero-order valence-corrected chi connectivity index (χ0v) is 22.9. The minimum absolute atomic E-state index is 0.0524. The van der Waals surface area contributed by atoms with Gasteiger partial charge in [0.1, 0.15) is 5.82 Å². The summed E-state index contributed by atoms with van der Waals surface area (Å²) in [5.74, 6) is -2.00. The lowest BCUT2D eigenvalue weighted by Crippen LogP contribution is -2.35. The van der Waals surface area contributed by atoms with Crippen molar-refractivity contribution in [2.75, 3.05) is 18.1 Å². The van der Waals surface area contributed by atoms with Gasteiger partial charge in [-0.15, -0.1) is 0 Å². The third-order valence-electron chi connectivity index (χ3n) is 6.11. The Labute approximate surface area is 236 Å². The van der Waals surface area contributed by atoms with E-state index in [0.29, 0.717) is 16.5 Å². The number of allylic oxidation sites excluding steroid dienone is 1. The molecule has 0 saturated carbocycles. The van der Waals surface area contributed by atoms with E-state index in [-0.39, 0.29) is 22.0 Å². The first-order chi connectivity index (χ1) is 19.5. The van der Waals surface area contributed by atoms with Crippen LogP contribution in [0.25, 0.3) is 21.9 Å². The summed E-state index contributed by atoms with van der Waals surface area (Å²) in [6, 6.07) is 14.5. The molecule has 41 heavy (non-hydrogen) atoms. The number of nitriles is 1. The summed E-state index contributed by atoms with van der Waals surface area (Å²) < 4.78 is 26.6. The number of amides is 2. The Hall–Kier alpha value is -5.54. The molecule has 0 spiro atoms. The van der Waals surface area contributed by atoms with Gasteiger partial charge in [-0.05, 0) is 72.0 Å². The average molecular weight is 568 g/mol. The Morgan fingerprint density at radius 1 is 1.12 bits per heavy atom. The van der Waals surface area contributed by atoms with Crippen LogP contribution < -0.4 is 16.4 Å². The van der Waals surface area contributed by atoms with Crippen LogP contribution >= 0.6 is 0 Å². The van der Waals surface area contributed by atoms with Gasteiger partial charge in [0.2, 0.25) is 0 Å². The van der Waals surface area contributed by atoms with Crippen molar-refractivity contribution < 1.29 is 18.0 Å². The number of nitrogens with one attached hydrogen (secondary N) is 2. The van der Waals surface area contributed by atoms with Crippen molar-refractivity contribution in [1.29, 1.82) is 5.26 Å². The van der Waals surface area contributed by atoms with Crippen LogP contribution in [0.3, 0.4) is 0 Å². The summed E-state index contributed by atoms with van der Waals surface area (Å²) >= 11 is 0. The Bertz CT molecular complexity index is 1880. The van der Waals surface area contributed by atoms with Crippen LogP contribution in [0.5, 0.6) is 0 Å². The van der Waals surface area contributed by atoms with E-state index >= 15 is 0 Å². The highest BCUT2D eigenvalue weighted by atomic mass is 32.2. The number of hydrogen-bond donors (Lipinski definition) is 3. The van der Waals surface area contributed by atoms with Gasteiger partial charge in [-0.1, -0.05) is 12.6 Å². The summed E-state index contributed by atoms with van der Waals surface area (Å²) in [7, 11) is -2.80. The molecule has 4 N–H and O–H groups in total. The number of sulfonamides is 1. The van der Waals surface area contributed by atoms with Gasteiger partial charge in [-0.3, -0.25) is 18.9 Å². The lowest BCUT2D eigenvalue weighted by molar-refractivity contribution is -0.135. The quantitative estimate of drug-likeness (QED) is 0.173. The Morgan fingerprint density at radius 3 is 2.61 bits per heavy atom. The summed E-state index contributed by atoms with van der Waals surface area (Å²) in [5, 5.41) is 15.2. The van der Waals surface area contributed by atoms with Crippen molar-refractivity contribution in [2.45, 2.75) is 11.8 Å². The van der Waals surface area contributed by atoms with Gasteiger partial charge < -0.3 is 16.4 Å². The number of hydrogen-bond acceptors (Lipinski definition) is 8. The number of rotatable bonds is 7. The molecular weight excluding hydrogens is 542 g/mol. The molecule has 4 rings (SSSR count). The second kappa shape index (κ2) is 11.7. The molecule has 0 aliphatic carbocycles. The molecule has 4 aromatic rings. The van der Waals surface area contributed by atoms with Gasteiger partial charge in [-0.2, -0.15) is 5.26 Å². The smallest absolute Gasteiger partial charge is 0.315 e. The van der Waals surface area contributed by atoms with Crippen LogP contribution in [-0.2, 0) is 19.6 Å². The number of anilines is 2. The third kappa shape index (κ3) is 6.21. The van der Waals surface area contributed by atoms with E-state index in [0.717, 1.165) is 27.2 Å². The van der Waals surface area contributed by atoms with E-state index < -0.39 is 21.8 Å². The zero-order chi connectivity index (χ0) is 29.7. The number of nitrogens with zero attached hydrogens (tertiary/aromatic N) is 4. The molecule has 2 amide bonds. The predicted molar refractivity (Wildman–Crippen MR) is 155 cm³/mol. The van der Waals surface area contributed by atoms with E-state index in [1.165, 1.54) is 43.6 Å². The van der Waals surface area contributed by atoms with Crippen molar-refractivity contribution >= 4 is 44.1 Å². The van der Waals surface area contributed by atoms with Crippen LogP contribution in [-0.4, -0.2) is 41.6 Å². The Morgan fingerprint density at radius 2 is 1.90 bits per heavy atom. The highest BCUT2D eigenvalue weighted by Crippen LogP contribution is 2.31. The van der Waals surface area contributed by atoms with Gasteiger partial charge in [-0.25, -0.2) is 13.4 Å². The first-order valence-electron chi connectivity index (χ1n) is 12.1. The van der Waals surface area contributed by atoms with E-state index in [9.17, 15) is 18.0 Å². The van der Waals surface area contributed by atoms with E-state index in [1.807, 2.05) is 31.2 Å². The van der Waals surface area contributed by atoms with E-state index in [2.05, 4.69) is 27.2 Å². The first kappa shape index (κ1) is 28.5. The second-order valence-corrected chi connectivity index (χ2v) is 10.9. The van der Waals surface area contributed by atoms with Gasteiger partial charge in [0.15, 0.2) is 0 Å². The summed E-state index contributed by atoms with van der Waals surface area (Å²) in [6.45, 7) is 5.52. The highest BCUT2D eigenvalue weighted by Gasteiger charge is 2.21. The fourth-order valence-corrected chi connectivity index (χ4v) is 5.04. The monoisotopic (exact) mass is 567 g/mol. The molecule has 0 aliphatic rings. The Kier molecular flexibility index (Phi) is 8.11. The number of pyridine rings is 2. The summed E-state index contributed by atoms with van der Waals surface area (Å²) in [4.78, 5) is 33.5. The maximum absolute atomic E-state index is 12.9. The maximum atomic E-state index is 12.9. The zero-order valence-electron chi connectivity index (χ0n) is 22.1. The number of aromatic nitrogens is 2. The molecule has 2 heterocycles. The third-order valence-corrected chi connectivity index (χ3v) is 7.82. The van der Waals surface area contributed by atoms with E-state index in [1.54, 1.807) is 18.5 Å². The number of carbonyl (C=O) groups is 2. The molecule has 0 bridgehead atoms. The van der Waals surface area contributed by atoms with Crippen LogP contribution in [0.4, 0.5) is 11.5 Å². The number of nitrogens with two attached hydrogens (primary N) is 1. The molecule has 0 fully saturated rings. The normalized spacial score (nSPS) is 11.4. The molecule has 11 nitrogen and oxygen atoms in total. The van der Waals surface area contributed by atoms with Crippen molar-refractivity contribution in [3.8, 4) is 17.2 Å². The summed E-state index contributed by atoms with van der Waals surface area (Å²) in [6.07, 6.45) is 7.20. The van der Waals surface area contributed by atoms with Crippen LogP contribution in [0.1, 0.15) is 11.1 Å². The molecule has 2 aromatic carbocycles. The fraction of sp³-hybridized carbons (Fsp3) is 0.0690. The lowest BCUT2D eigenvalue weighted by atomic mass is 9.99. The minimum atomic E-state index is -4.05. The lowest BCUT2D eigenvalue weighted by Gasteiger charge is -2.17. The molecule has 0 unspecified atom stereocenters. The molecular formula is C29H25N7O4S. The van der Waals surface area contributed by atoms with Gasteiger partial charge in [0.25, 0.3) is 10.0 Å². The molecule has 206 valence electrons. The van der Waals surface area contributed by atoms with Crippen molar-refractivity contribution in [2.24, 2.45) is 0 Å². The maximum Gasteiger partial charge on any atom is 0.315 e. The molecule has 12 heteroatoms. The largest absolute Gasteiger partial charge is 0.398 e. The molecule has 0 radical (unpaired) electrons.